The number of pyridine rings is 1. The van der Waals surface area contributed by atoms with Crippen molar-refractivity contribution in [3.8, 4) is 23.1 Å². The third-order valence-electron chi connectivity index (χ3n) is 4.87. The maximum Gasteiger partial charge on any atom is 0.237 e. The van der Waals surface area contributed by atoms with Crippen LogP contribution >= 0.6 is 11.8 Å². The first kappa shape index (κ1) is 21.3. The Kier molecular flexibility index (Phi) is 6.29. The average molecular weight is 441 g/mol. The van der Waals surface area contributed by atoms with Crippen LogP contribution in [0, 0.1) is 18.3 Å². The monoisotopic (exact) mass is 440 g/mol. The third-order valence-corrected chi connectivity index (χ3v) is 5.91. The van der Waals surface area contributed by atoms with Gasteiger partial charge in [0.1, 0.15) is 6.07 Å². The molecule has 4 rings (SSSR count). The number of aryl methyl sites for hydroxylation is 1. The fraction of sp³-hybridized carbons (Fsp3) is 0.125. The van der Waals surface area contributed by atoms with Crippen LogP contribution in [0.4, 0.5) is 5.69 Å². The van der Waals surface area contributed by atoms with E-state index in [1.165, 1.54) is 11.8 Å². The zero-order chi connectivity index (χ0) is 22.5. The molecule has 1 N–H and O–H groups in total. The molecule has 2 aromatic heterocycles. The first-order chi connectivity index (χ1) is 15.6. The second-order valence-electron chi connectivity index (χ2n) is 7.08. The number of aromatic nitrogens is 4. The largest absolute Gasteiger partial charge is 0.324 e. The molecular formula is C24H20N6OS. The van der Waals surface area contributed by atoms with E-state index in [0.717, 1.165) is 16.8 Å². The van der Waals surface area contributed by atoms with Crippen LogP contribution < -0.4 is 5.32 Å². The number of amides is 1. The Bertz CT molecular complexity index is 1300. The van der Waals surface area contributed by atoms with Gasteiger partial charge in [0.15, 0.2) is 11.0 Å². The Morgan fingerprint density at radius 1 is 1.09 bits per heavy atom. The van der Waals surface area contributed by atoms with E-state index in [1.54, 1.807) is 43.6 Å². The molecule has 2 aromatic carbocycles. The van der Waals surface area contributed by atoms with Crippen molar-refractivity contribution in [3.63, 3.8) is 0 Å². The number of hydrogen-bond acceptors (Lipinski definition) is 6. The van der Waals surface area contributed by atoms with Gasteiger partial charge in [0.2, 0.25) is 5.91 Å². The number of carbonyl (C=O) groups excluding carboxylic acids is 1. The fourth-order valence-electron chi connectivity index (χ4n) is 3.20. The molecule has 0 spiro atoms. The van der Waals surface area contributed by atoms with Gasteiger partial charge in [-0.05, 0) is 49.7 Å². The number of thioether (sulfide) groups is 1. The first-order valence-corrected chi connectivity index (χ1v) is 10.8. The summed E-state index contributed by atoms with van der Waals surface area (Å²) >= 11 is 1.30. The number of nitrogens with one attached hydrogen (secondary N) is 1. The van der Waals surface area contributed by atoms with Crippen molar-refractivity contribution in [1.82, 2.24) is 19.7 Å². The van der Waals surface area contributed by atoms with Gasteiger partial charge in [-0.25, -0.2) is 0 Å². The summed E-state index contributed by atoms with van der Waals surface area (Å²) in [6, 6.07) is 20.7. The summed E-state index contributed by atoms with van der Waals surface area (Å²) in [6.45, 7) is 3.82. The molecule has 0 aliphatic heterocycles. The van der Waals surface area contributed by atoms with Crippen molar-refractivity contribution < 1.29 is 4.79 Å². The smallest absolute Gasteiger partial charge is 0.237 e. The van der Waals surface area contributed by atoms with Crippen LogP contribution in [0.2, 0.25) is 0 Å². The van der Waals surface area contributed by atoms with Crippen LogP contribution in [-0.4, -0.2) is 30.9 Å². The molecule has 0 saturated heterocycles. The summed E-state index contributed by atoms with van der Waals surface area (Å²) in [7, 11) is 0. The number of rotatable bonds is 6. The van der Waals surface area contributed by atoms with Crippen LogP contribution in [0.3, 0.4) is 0 Å². The molecule has 0 radical (unpaired) electrons. The first-order valence-electron chi connectivity index (χ1n) is 9.97. The third kappa shape index (κ3) is 4.38. The number of hydrogen-bond donors (Lipinski definition) is 1. The normalized spacial score (nSPS) is 11.5. The van der Waals surface area contributed by atoms with E-state index >= 15 is 0 Å². The topological polar surface area (TPSA) is 96.5 Å². The highest BCUT2D eigenvalue weighted by Gasteiger charge is 2.23. The second-order valence-corrected chi connectivity index (χ2v) is 8.38. The Labute approximate surface area is 190 Å². The van der Waals surface area contributed by atoms with Gasteiger partial charge in [0.25, 0.3) is 0 Å². The van der Waals surface area contributed by atoms with Crippen LogP contribution in [0.1, 0.15) is 18.1 Å². The molecule has 0 aliphatic rings. The lowest BCUT2D eigenvalue weighted by atomic mass is 10.2. The second kappa shape index (κ2) is 9.45. The van der Waals surface area contributed by atoms with Crippen molar-refractivity contribution in [2.75, 3.05) is 5.32 Å². The summed E-state index contributed by atoms with van der Waals surface area (Å²) in [4.78, 5) is 17.1. The van der Waals surface area contributed by atoms with Crippen molar-refractivity contribution in [3.05, 3.63) is 84.2 Å². The molecule has 0 fully saturated rings. The number of carbonyl (C=O) groups is 1. The highest BCUT2D eigenvalue weighted by Crippen LogP contribution is 2.31. The lowest BCUT2D eigenvalue weighted by Crippen LogP contribution is -2.23. The summed E-state index contributed by atoms with van der Waals surface area (Å²) in [5.74, 6) is 0.428. The van der Waals surface area contributed by atoms with E-state index in [9.17, 15) is 10.1 Å². The molecule has 1 unspecified atom stereocenters. The average Bonchev–Trinajstić information content (AvgIpc) is 3.23. The highest BCUT2D eigenvalue weighted by molar-refractivity contribution is 8.00. The molecule has 0 saturated carbocycles. The zero-order valence-corrected chi connectivity index (χ0v) is 18.4. The van der Waals surface area contributed by atoms with Gasteiger partial charge in [-0.2, -0.15) is 5.26 Å². The number of anilines is 1. The molecule has 32 heavy (non-hydrogen) atoms. The van der Waals surface area contributed by atoms with Crippen molar-refractivity contribution >= 4 is 23.4 Å². The zero-order valence-electron chi connectivity index (χ0n) is 17.6. The van der Waals surface area contributed by atoms with E-state index < -0.39 is 5.25 Å². The lowest BCUT2D eigenvalue weighted by Gasteiger charge is -2.15. The van der Waals surface area contributed by atoms with E-state index in [1.807, 2.05) is 47.9 Å². The van der Waals surface area contributed by atoms with Crippen molar-refractivity contribution in [1.29, 1.82) is 5.26 Å². The Morgan fingerprint density at radius 3 is 2.62 bits per heavy atom. The Hall–Kier alpha value is -3.96. The number of benzene rings is 2. The molecule has 1 atom stereocenters. The fourth-order valence-corrected chi connectivity index (χ4v) is 4.06. The summed E-state index contributed by atoms with van der Waals surface area (Å²) < 4.78 is 1.95. The van der Waals surface area contributed by atoms with E-state index in [0.29, 0.717) is 22.2 Å². The van der Waals surface area contributed by atoms with Crippen LogP contribution in [0.5, 0.6) is 0 Å². The molecule has 8 heteroatoms. The van der Waals surface area contributed by atoms with Gasteiger partial charge in [0.05, 0.1) is 22.2 Å². The molecule has 1 amide bonds. The maximum atomic E-state index is 12.9. The number of para-hydroxylation sites is 2. The maximum absolute atomic E-state index is 12.9. The minimum Gasteiger partial charge on any atom is -0.324 e. The van der Waals surface area contributed by atoms with Crippen molar-refractivity contribution in [2.45, 2.75) is 24.3 Å². The van der Waals surface area contributed by atoms with E-state index in [2.05, 4.69) is 26.6 Å². The minimum atomic E-state index is -0.476. The van der Waals surface area contributed by atoms with Gasteiger partial charge in [-0.1, -0.05) is 42.1 Å². The summed E-state index contributed by atoms with van der Waals surface area (Å²) in [6.07, 6.45) is 3.45. The van der Waals surface area contributed by atoms with E-state index in [4.69, 9.17) is 0 Å². The summed E-state index contributed by atoms with van der Waals surface area (Å²) in [5.41, 5.74) is 3.72. The molecule has 0 aliphatic carbocycles. The van der Waals surface area contributed by atoms with Gasteiger partial charge >= 0.3 is 0 Å². The quantitative estimate of drug-likeness (QED) is 0.439. The number of nitrogens with zero attached hydrogens (tertiary/aromatic N) is 5. The van der Waals surface area contributed by atoms with Gasteiger partial charge in [-0.3, -0.25) is 14.3 Å². The molecule has 158 valence electrons. The van der Waals surface area contributed by atoms with Gasteiger partial charge in [-0.15, -0.1) is 10.2 Å². The standard InChI is InChI=1S/C24H20N6OS/c1-16-8-3-6-12-21(16)30-22(19-10-7-13-26-15-19)28-29-24(30)32-17(2)23(31)27-20-11-5-4-9-18(20)14-25/h3-13,15,17H,1-2H3,(H,27,31). The SMILES string of the molecule is Cc1ccccc1-n1c(SC(C)C(=O)Nc2ccccc2C#N)nnc1-c1cccnc1. The highest BCUT2D eigenvalue weighted by atomic mass is 32.2. The summed E-state index contributed by atoms with van der Waals surface area (Å²) in [5, 5.41) is 21.0. The molecule has 7 nitrogen and oxygen atoms in total. The predicted octanol–water partition coefficient (Wildman–Crippen LogP) is 4.63. The van der Waals surface area contributed by atoms with Crippen LogP contribution in [0.25, 0.3) is 17.1 Å². The minimum absolute atomic E-state index is 0.222. The van der Waals surface area contributed by atoms with Crippen LogP contribution in [0.15, 0.2) is 78.2 Å². The lowest BCUT2D eigenvalue weighted by molar-refractivity contribution is -0.115. The Morgan fingerprint density at radius 2 is 1.88 bits per heavy atom. The van der Waals surface area contributed by atoms with Gasteiger partial charge < -0.3 is 5.32 Å². The molecule has 4 aromatic rings. The molecule has 2 heterocycles. The van der Waals surface area contributed by atoms with Crippen LogP contribution in [-0.2, 0) is 4.79 Å². The molecular weight excluding hydrogens is 420 g/mol. The Balaban J connectivity index is 1.67. The number of nitriles is 1. The van der Waals surface area contributed by atoms with Crippen molar-refractivity contribution in [2.24, 2.45) is 0 Å². The van der Waals surface area contributed by atoms with E-state index in [-0.39, 0.29) is 5.91 Å². The predicted molar refractivity (Wildman–Crippen MR) is 124 cm³/mol. The molecule has 0 bridgehead atoms. The van der Waals surface area contributed by atoms with Gasteiger partial charge in [0, 0.05) is 18.0 Å².